The molecular weight excluding hydrogens is 368 g/mol. The Balaban J connectivity index is 1.38. The number of para-hydroxylation sites is 1. The Hall–Kier alpha value is -3.48. The first-order chi connectivity index (χ1) is 14.0. The molecule has 2 aromatic carbocycles. The zero-order valence-corrected chi connectivity index (χ0v) is 16.4. The predicted octanol–water partition coefficient (Wildman–Crippen LogP) is 2.86. The molecule has 7 nitrogen and oxygen atoms in total. The summed E-state index contributed by atoms with van der Waals surface area (Å²) < 4.78 is 5.67. The monoisotopic (exact) mass is 390 g/mol. The fraction of sp³-hybridized carbons (Fsp3) is 0.273. The maximum atomic E-state index is 12.5. The average Bonchev–Trinajstić information content (AvgIpc) is 2.72. The van der Waals surface area contributed by atoms with E-state index in [0.717, 1.165) is 27.8 Å². The van der Waals surface area contributed by atoms with Crippen molar-refractivity contribution >= 4 is 28.4 Å². The van der Waals surface area contributed by atoms with Crippen molar-refractivity contribution in [3.8, 4) is 5.75 Å². The second-order valence-corrected chi connectivity index (χ2v) is 7.15. The minimum absolute atomic E-state index is 0.0223. The molecule has 0 aliphatic carbocycles. The third-order valence-electron chi connectivity index (χ3n) is 4.98. The van der Waals surface area contributed by atoms with E-state index in [1.165, 1.54) is 0 Å². The van der Waals surface area contributed by atoms with E-state index in [-0.39, 0.29) is 18.4 Å². The number of benzene rings is 2. The molecular formula is C22H22N4O3. The fourth-order valence-electron chi connectivity index (χ4n) is 3.37. The lowest BCUT2D eigenvalue weighted by Crippen LogP contribution is -2.31. The van der Waals surface area contributed by atoms with Crippen molar-refractivity contribution in [3.05, 3.63) is 59.5 Å². The molecule has 0 unspecified atom stereocenters. The molecule has 0 saturated carbocycles. The first-order valence-corrected chi connectivity index (χ1v) is 9.51. The molecule has 0 fully saturated rings. The molecule has 1 aliphatic rings. The maximum Gasteiger partial charge on any atom is 0.260 e. The summed E-state index contributed by atoms with van der Waals surface area (Å²) in [5.74, 6) is 1.07. The summed E-state index contributed by atoms with van der Waals surface area (Å²) in [6.07, 6.45) is 1.13. The van der Waals surface area contributed by atoms with Crippen LogP contribution in [0.2, 0.25) is 0 Å². The van der Waals surface area contributed by atoms with Gasteiger partial charge in [0.2, 0.25) is 5.91 Å². The normalized spacial score (nSPS) is 13.0. The summed E-state index contributed by atoms with van der Waals surface area (Å²) in [5.41, 5.74) is 3.58. The van der Waals surface area contributed by atoms with Gasteiger partial charge in [-0.25, -0.2) is 9.97 Å². The Labute approximate surface area is 168 Å². The third kappa shape index (κ3) is 4.18. The van der Waals surface area contributed by atoms with Crippen molar-refractivity contribution < 1.29 is 14.3 Å². The zero-order chi connectivity index (χ0) is 20.4. The third-order valence-corrected chi connectivity index (χ3v) is 4.98. The van der Waals surface area contributed by atoms with Gasteiger partial charge in [-0.15, -0.1) is 0 Å². The number of ether oxygens (including phenoxy) is 1. The van der Waals surface area contributed by atoms with Crippen LogP contribution in [0.1, 0.15) is 23.5 Å². The van der Waals surface area contributed by atoms with Crippen molar-refractivity contribution in [1.82, 2.24) is 14.9 Å². The van der Waals surface area contributed by atoms with Crippen molar-refractivity contribution in [2.24, 2.45) is 0 Å². The second kappa shape index (κ2) is 7.87. The first kappa shape index (κ1) is 18.9. The van der Waals surface area contributed by atoms with Gasteiger partial charge >= 0.3 is 0 Å². The van der Waals surface area contributed by atoms with E-state index in [1.54, 1.807) is 18.0 Å². The highest BCUT2D eigenvalue weighted by atomic mass is 16.5. The van der Waals surface area contributed by atoms with E-state index in [9.17, 15) is 9.59 Å². The number of anilines is 1. The number of rotatable bonds is 5. The molecule has 7 heteroatoms. The Morgan fingerprint density at radius 1 is 1.17 bits per heavy atom. The maximum absolute atomic E-state index is 12.5. The van der Waals surface area contributed by atoms with Crippen LogP contribution in [-0.2, 0) is 22.6 Å². The highest BCUT2D eigenvalue weighted by Gasteiger charge is 2.16. The van der Waals surface area contributed by atoms with Gasteiger partial charge in [-0.3, -0.25) is 9.59 Å². The van der Waals surface area contributed by atoms with Gasteiger partial charge in [0.15, 0.2) is 6.61 Å². The van der Waals surface area contributed by atoms with Gasteiger partial charge in [-0.05, 0) is 43.2 Å². The van der Waals surface area contributed by atoms with Crippen molar-refractivity contribution in [3.63, 3.8) is 0 Å². The predicted molar refractivity (Wildman–Crippen MR) is 110 cm³/mol. The lowest BCUT2D eigenvalue weighted by atomic mass is 10.0. The first-order valence-electron chi connectivity index (χ1n) is 9.51. The van der Waals surface area contributed by atoms with Crippen LogP contribution >= 0.6 is 0 Å². The Bertz CT molecular complexity index is 1100. The number of nitrogens with zero attached hydrogens (tertiary/aromatic N) is 3. The number of aryl methyl sites for hydroxylation is 2. The molecule has 4 rings (SSSR count). The molecule has 3 aromatic rings. The number of amides is 2. The Morgan fingerprint density at radius 2 is 2.00 bits per heavy atom. The largest absolute Gasteiger partial charge is 0.484 e. The van der Waals surface area contributed by atoms with Gasteiger partial charge in [0.1, 0.15) is 11.6 Å². The number of hydrogen-bond acceptors (Lipinski definition) is 5. The van der Waals surface area contributed by atoms with Crippen LogP contribution in [0.25, 0.3) is 10.9 Å². The van der Waals surface area contributed by atoms with E-state index >= 15 is 0 Å². The molecule has 2 amide bonds. The lowest BCUT2D eigenvalue weighted by Gasteiger charge is -2.19. The number of nitrogens with one attached hydrogen (secondary N) is 1. The van der Waals surface area contributed by atoms with Gasteiger partial charge < -0.3 is 15.0 Å². The molecule has 0 spiro atoms. The van der Waals surface area contributed by atoms with Crippen LogP contribution in [0, 0.1) is 6.92 Å². The molecule has 0 atom stereocenters. The van der Waals surface area contributed by atoms with Crippen molar-refractivity contribution in [1.29, 1.82) is 0 Å². The highest BCUT2D eigenvalue weighted by molar-refractivity contribution is 5.94. The van der Waals surface area contributed by atoms with Gasteiger partial charge in [-0.1, -0.05) is 18.2 Å². The average molecular weight is 390 g/mol. The number of carbonyl (C=O) groups is 2. The number of carbonyl (C=O) groups excluding carboxylic acids is 2. The summed E-state index contributed by atoms with van der Waals surface area (Å²) in [7, 11) is 1.71. The van der Waals surface area contributed by atoms with Crippen molar-refractivity contribution in [2.45, 2.75) is 26.3 Å². The summed E-state index contributed by atoms with van der Waals surface area (Å²) in [5, 5.41) is 3.84. The van der Waals surface area contributed by atoms with Crippen LogP contribution in [0.15, 0.2) is 42.5 Å². The number of hydrogen-bond donors (Lipinski definition) is 1. The quantitative estimate of drug-likeness (QED) is 0.724. The molecule has 0 saturated heterocycles. The van der Waals surface area contributed by atoms with Crippen LogP contribution in [0.5, 0.6) is 5.75 Å². The molecule has 148 valence electrons. The summed E-state index contributed by atoms with van der Waals surface area (Å²) in [6.45, 7) is 2.18. The molecule has 1 aliphatic heterocycles. The molecule has 1 aromatic heterocycles. The molecule has 29 heavy (non-hydrogen) atoms. The summed E-state index contributed by atoms with van der Waals surface area (Å²) in [6, 6.07) is 13.3. The molecule has 2 heterocycles. The molecule has 0 bridgehead atoms. The SMILES string of the molecule is Cc1nc(CN(C)C(=O)COc2ccc3c(c2)CCC(=O)N3)nc2ccccc12. The smallest absolute Gasteiger partial charge is 0.260 e. The van der Waals surface area contributed by atoms with Gasteiger partial charge in [0, 0.05) is 30.2 Å². The number of aromatic nitrogens is 2. The van der Waals surface area contributed by atoms with Crippen LogP contribution in [0.4, 0.5) is 5.69 Å². The Kier molecular flexibility index (Phi) is 5.12. The molecule has 0 radical (unpaired) electrons. The fourth-order valence-corrected chi connectivity index (χ4v) is 3.37. The highest BCUT2D eigenvalue weighted by Crippen LogP contribution is 2.26. The van der Waals surface area contributed by atoms with Crippen LogP contribution < -0.4 is 10.1 Å². The summed E-state index contributed by atoms with van der Waals surface area (Å²) in [4.78, 5) is 34.6. The topological polar surface area (TPSA) is 84.4 Å². The van der Waals surface area contributed by atoms with Crippen molar-refractivity contribution in [2.75, 3.05) is 19.0 Å². The Morgan fingerprint density at radius 3 is 2.86 bits per heavy atom. The van der Waals surface area contributed by atoms with Crippen LogP contribution in [0.3, 0.4) is 0 Å². The van der Waals surface area contributed by atoms with E-state index in [0.29, 0.717) is 31.0 Å². The van der Waals surface area contributed by atoms with E-state index < -0.39 is 0 Å². The second-order valence-electron chi connectivity index (χ2n) is 7.15. The van der Waals surface area contributed by atoms with Crippen LogP contribution in [-0.4, -0.2) is 40.3 Å². The van der Waals surface area contributed by atoms with E-state index in [1.807, 2.05) is 43.3 Å². The molecule has 1 N–H and O–H groups in total. The standard InChI is InChI=1S/C22H22N4O3/c1-14-17-5-3-4-6-19(17)24-20(23-14)12-26(2)22(28)13-29-16-8-9-18-15(11-16)7-10-21(27)25-18/h3-6,8-9,11H,7,10,12-13H2,1-2H3,(H,25,27). The van der Waals surface area contributed by atoms with Gasteiger partial charge in [0.05, 0.1) is 12.1 Å². The number of fused-ring (bicyclic) bond motifs is 2. The zero-order valence-electron chi connectivity index (χ0n) is 16.4. The van der Waals surface area contributed by atoms with E-state index in [4.69, 9.17) is 4.74 Å². The number of likely N-dealkylation sites (N-methyl/N-ethyl adjacent to an activating group) is 1. The van der Waals surface area contributed by atoms with Gasteiger partial charge in [-0.2, -0.15) is 0 Å². The minimum Gasteiger partial charge on any atom is -0.484 e. The lowest BCUT2D eigenvalue weighted by molar-refractivity contribution is -0.132. The van der Waals surface area contributed by atoms with E-state index in [2.05, 4.69) is 15.3 Å². The summed E-state index contributed by atoms with van der Waals surface area (Å²) >= 11 is 0. The van der Waals surface area contributed by atoms with Gasteiger partial charge in [0.25, 0.3) is 5.91 Å². The minimum atomic E-state index is -0.162.